The van der Waals surface area contributed by atoms with Crippen molar-refractivity contribution >= 4 is 17.7 Å². The van der Waals surface area contributed by atoms with Crippen LogP contribution in [0.4, 0.5) is 0 Å². The second kappa shape index (κ2) is 9.08. The third-order valence-electron chi connectivity index (χ3n) is 2.05. The third kappa shape index (κ3) is 8.79. The standard InChI is InChI=1S/C12H24O2S/c1-5-6-7-8-9-15-11(4)12(13)14-10(2)3/h10-11H,5-9H2,1-4H3. The maximum absolute atomic E-state index is 11.4. The molecule has 1 unspecified atom stereocenters. The van der Waals surface area contributed by atoms with E-state index in [9.17, 15) is 4.79 Å². The minimum atomic E-state index is -0.0782. The van der Waals surface area contributed by atoms with Crippen LogP contribution in [0.1, 0.15) is 53.4 Å². The molecule has 0 aromatic heterocycles. The number of carbonyl (C=O) groups is 1. The van der Waals surface area contributed by atoms with E-state index in [1.807, 2.05) is 20.8 Å². The van der Waals surface area contributed by atoms with Crippen LogP contribution in [0.3, 0.4) is 0 Å². The Labute approximate surface area is 98.2 Å². The van der Waals surface area contributed by atoms with E-state index in [-0.39, 0.29) is 17.3 Å². The molecule has 1 atom stereocenters. The summed E-state index contributed by atoms with van der Waals surface area (Å²) < 4.78 is 5.13. The number of esters is 1. The Morgan fingerprint density at radius 1 is 1.20 bits per heavy atom. The molecule has 0 heterocycles. The smallest absolute Gasteiger partial charge is 0.319 e. The molecular weight excluding hydrogens is 208 g/mol. The van der Waals surface area contributed by atoms with E-state index >= 15 is 0 Å². The van der Waals surface area contributed by atoms with Crippen molar-refractivity contribution in [2.45, 2.75) is 64.7 Å². The molecule has 0 rings (SSSR count). The minimum absolute atomic E-state index is 0.000594. The van der Waals surface area contributed by atoms with Crippen molar-refractivity contribution in [2.24, 2.45) is 0 Å². The van der Waals surface area contributed by atoms with Crippen LogP contribution in [0.15, 0.2) is 0 Å². The van der Waals surface area contributed by atoms with Crippen LogP contribution >= 0.6 is 11.8 Å². The zero-order chi connectivity index (χ0) is 11.7. The Kier molecular flexibility index (Phi) is 8.97. The molecule has 0 radical (unpaired) electrons. The van der Waals surface area contributed by atoms with Crippen LogP contribution < -0.4 is 0 Å². The largest absolute Gasteiger partial charge is 0.462 e. The number of hydrogen-bond acceptors (Lipinski definition) is 3. The second-order valence-corrected chi connectivity index (χ2v) is 5.51. The molecule has 0 aliphatic rings. The number of carbonyl (C=O) groups excluding carboxylic acids is 1. The molecule has 0 saturated carbocycles. The average molecular weight is 232 g/mol. The van der Waals surface area contributed by atoms with Gasteiger partial charge >= 0.3 is 5.97 Å². The number of rotatable bonds is 8. The predicted molar refractivity (Wildman–Crippen MR) is 67.3 cm³/mol. The van der Waals surface area contributed by atoms with Crippen LogP contribution in [0, 0.1) is 0 Å². The highest BCUT2D eigenvalue weighted by atomic mass is 32.2. The van der Waals surface area contributed by atoms with E-state index in [2.05, 4.69) is 6.92 Å². The van der Waals surface area contributed by atoms with Crippen LogP contribution in [-0.2, 0) is 9.53 Å². The Bertz CT molecular complexity index is 169. The fourth-order valence-electron chi connectivity index (χ4n) is 1.19. The average Bonchev–Trinajstić information content (AvgIpc) is 2.16. The maximum Gasteiger partial charge on any atom is 0.319 e. The van der Waals surface area contributed by atoms with Crippen molar-refractivity contribution in [1.29, 1.82) is 0 Å². The first-order valence-corrected chi connectivity index (χ1v) is 6.94. The highest BCUT2D eigenvalue weighted by molar-refractivity contribution is 8.00. The van der Waals surface area contributed by atoms with Crippen LogP contribution in [0.25, 0.3) is 0 Å². The van der Waals surface area contributed by atoms with Gasteiger partial charge in [-0.2, -0.15) is 0 Å². The van der Waals surface area contributed by atoms with Gasteiger partial charge in [0.15, 0.2) is 0 Å². The van der Waals surface area contributed by atoms with Crippen molar-refractivity contribution in [3.05, 3.63) is 0 Å². The van der Waals surface area contributed by atoms with E-state index < -0.39 is 0 Å². The van der Waals surface area contributed by atoms with Crippen LogP contribution in [-0.4, -0.2) is 23.1 Å². The van der Waals surface area contributed by atoms with Gasteiger partial charge in [0, 0.05) is 0 Å². The quantitative estimate of drug-likeness (QED) is 0.472. The maximum atomic E-state index is 11.4. The van der Waals surface area contributed by atoms with Crippen molar-refractivity contribution in [3.63, 3.8) is 0 Å². The highest BCUT2D eigenvalue weighted by Crippen LogP contribution is 2.15. The van der Waals surface area contributed by atoms with E-state index in [0.29, 0.717) is 0 Å². The minimum Gasteiger partial charge on any atom is -0.462 e. The summed E-state index contributed by atoms with van der Waals surface area (Å²) in [5.41, 5.74) is 0. The number of ether oxygens (including phenoxy) is 1. The summed E-state index contributed by atoms with van der Waals surface area (Å²) in [6.45, 7) is 7.90. The van der Waals surface area contributed by atoms with Gasteiger partial charge < -0.3 is 4.74 Å². The summed E-state index contributed by atoms with van der Waals surface area (Å²) in [6.07, 6.45) is 5.04. The molecular formula is C12H24O2S. The van der Waals surface area contributed by atoms with Crippen LogP contribution in [0.2, 0.25) is 0 Å². The molecule has 0 fully saturated rings. The van der Waals surface area contributed by atoms with Gasteiger partial charge in [-0.3, -0.25) is 4.79 Å². The first kappa shape index (κ1) is 14.8. The van der Waals surface area contributed by atoms with Gasteiger partial charge in [0.25, 0.3) is 0 Å². The van der Waals surface area contributed by atoms with E-state index in [1.165, 1.54) is 25.7 Å². The fraction of sp³-hybridized carbons (Fsp3) is 0.917. The monoisotopic (exact) mass is 232 g/mol. The first-order valence-electron chi connectivity index (χ1n) is 5.90. The molecule has 0 aliphatic carbocycles. The lowest BCUT2D eigenvalue weighted by atomic mass is 10.2. The summed E-state index contributed by atoms with van der Waals surface area (Å²) >= 11 is 1.70. The summed E-state index contributed by atoms with van der Waals surface area (Å²) in [7, 11) is 0. The lowest BCUT2D eigenvalue weighted by molar-refractivity contribution is -0.146. The van der Waals surface area contributed by atoms with E-state index in [1.54, 1.807) is 11.8 Å². The number of unbranched alkanes of at least 4 members (excludes halogenated alkanes) is 3. The molecule has 90 valence electrons. The Hall–Kier alpha value is -0.180. The number of thioether (sulfide) groups is 1. The molecule has 0 amide bonds. The van der Waals surface area contributed by atoms with Gasteiger partial charge in [-0.1, -0.05) is 26.2 Å². The zero-order valence-corrected chi connectivity index (χ0v) is 11.2. The molecule has 0 saturated heterocycles. The molecule has 0 bridgehead atoms. The van der Waals surface area contributed by atoms with Gasteiger partial charge in [-0.25, -0.2) is 0 Å². The second-order valence-electron chi connectivity index (χ2n) is 4.06. The summed E-state index contributed by atoms with van der Waals surface area (Å²) in [4.78, 5) is 11.4. The van der Waals surface area contributed by atoms with Crippen LogP contribution in [0.5, 0.6) is 0 Å². The van der Waals surface area contributed by atoms with Gasteiger partial charge in [0.1, 0.15) is 0 Å². The van der Waals surface area contributed by atoms with Crippen molar-refractivity contribution in [1.82, 2.24) is 0 Å². The molecule has 0 aromatic carbocycles. The summed E-state index contributed by atoms with van der Waals surface area (Å²) in [5, 5.41) is -0.0194. The third-order valence-corrected chi connectivity index (χ3v) is 3.27. The fourth-order valence-corrected chi connectivity index (χ4v) is 2.10. The Morgan fingerprint density at radius 2 is 1.87 bits per heavy atom. The topological polar surface area (TPSA) is 26.3 Å². The zero-order valence-electron chi connectivity index (χ0n) is 10.4. The lowest BCUT2D eigenvalue weighted by Crippen LogP contribution is -2.21. The van der Waals surface area contributed by atoms with Gasteiger partial charge in [-0.15, -0.1) is 11.8 Å². The molecule has 0 aromatic rings. The van der Waals surface area contributed by atoms with Gasteiger partial charge in [0.2, 0.25) is 0 Å². The first-order chi connectivity index (χ1) is 7.07. The van der Waals surface area contributed by atoms with Crippen molar-refractivity contribution < 1.29 is 9.53 Å². The van der Waals surface area contributed by atoms with Gasteiger partial charge in [0.05, 0.1) is 11.4 Å². The van der Waals surface area contributed by atoms with E-state index in [0.717, 1.165) is 5.75 Å². The van der Waals surface area contributed by atoms with Gasteiger partial charge in [-0.05, 0) is 32.9 Å². The predicted octanol–water partition coefficient (Wildman–Crippen LogP) is 3.64. The molecule has 15 heavy (non-hydrogen) atoms. The Morgan fingerprint density at radius 3 is 2.40 bits per heavy atom. The summed E-state index contributed by atoms with van der Waals surface area (Å²) in [5.74, 6) is 0.986. The molecule has 0 aliphatic heterocycles. The highest BCUT2D eigenvalue weighted by Gasteiger charge is 2.15. The molecule has 0 N–H and O–H groups in total. The molecule has 2 nitrogen and oxygen atoms in total. The molecule has 0 spiro atoms. The normalized spacial score (nSPS) is 12.9. The van der Waals surface area contributed by atoms with E-state index in [4.69, 9.17) is 4.74 Å². The summed E-state index contributed by atoms with van der Waals surface area (Å²) in [6, 6.07) is 0. The van der Waals surface area contributed by atoms with Crippen molar-refractivity contribution in [3.8, 4) is 0 Å². The lowest BCUT2D eigenvalue weighted by Gasteiger charge is -2.13. The number of hydrogen-bond donors (Lipinski definition) is 0. The van der Waals surface area contributed by atoms with Crippen molar-refractivity contribution in [2.75, 3.05) is 5.75 Å². The molecule has 3 heteroatoms. The SMILES string of the molecule is CCCCCCSC(C)C(=O)OC(C)C. The Balaban J connectivity index is 3.47.